The fourth-order valence-corrected chi connectivity index (χ4v) is 2.44. The highest BCUT2D eigenvalue weighted by Crippen LogP contribution is 2.36. The molecule has 1 aromatic heterocycles. The van der Waals surface area contributed by atoms with Crippen molar-refractivity contribution < 1.29 is 23.9 Å². The summed E-state index contributed by atoms with van der Waals surface area (Å²) in [5.41, 5.74) is 2.09. The second-order valence-electron chi connectivity index (χ2n) is 5.46. The molecule has 0 aliphatic carbocycles. The first-order chi connectivity index (χ1) is 12.1. The van der Waals surface area contributed by atoms with Crippen molar-refractivity contribution in [2.45, 2.75) is 13.5 Å². The van der Waals surface area contributed by atoms with Gasteiger partial charge in [0.15, 0.2) is 17.3 Å². The molecule has 0 radical (unpaired) electrons. The molecule has 25 heavy (non-hydrogen) atoms. The Hall–Kier alpha value is -3.28. The van der Waals surface area contributed by atoms with Crippen LogP contribution in [0.15, 0.2) is 53.1 Å². The van der Waals surface area contributed by atoms with Gasteiger partial charge in [-0.2, -0.15) is 0 Å². The molecular weight excluding hydrogens is 322 g/mol. The maximum atomic E-state index is 11.6. The summed E-state index contributed by atoms with van der Waals surface area (Å²) >= 11 is 0. The number of rotatable bonds is 6. The van der Waals surface area contributed by atoms with Crippen molar-refractivity contribution in [3.63, 3.8) is 0 Å². The molecule has 3 aromatic rings. The highest BCUT2D eigenvalue weighted by Gasteiger charge is 2.20. The van der Waals surface area contributed by atoms with E-state index in [1.165, 1.54) is 13.2 Å². The van der Waals surface area contributed by atoms with Crippen LogP contribution in [0.5, 0.6) is 11.5 Å². The smallest absolute Gasteiger partial charge is 0.336 e. The summed E-state index contributed by atoms with van der Waals surface area (Å²) in [6, 6.07) is 14.4. The first kappa shape index (κ1) is 16.6. The maximum absolute atomic E-state index is 11.6. The minimum Gasteiger partial charge on any atom is -0.493 e. The highest BCUT2D eigenvalue weighted by molar-refractivity contribution is 5.96. The topological polar surface area (TPSA) is 81.8 Å². The van der Waals surface area contributed by atoms with Gasteiger partial charge >= 0.3 is 5.97 Å². The molecule has 0 unspecified atom stereocenters. The molecule has 1 N–H and O–H groups in total. The molecule has 0 aliphatic rings. The summed E-state index contributed by atoms with van der Waals surface area (Å²) in [5.74, 6) is 0.0489. The van der Waals surface area contributed by atoms with Gasteiger partial charge < -0.3 is 19.1 Å². The quantitative estimate of drug-likeness (QED) is 0.732. The molecule has 1 heterocycles. The van der Waals surface area contributed by atoms with Gasteiger partial charge in [0.25, 0.3) is 0 Å². The van der Waals surface area contributed by atoms with Crippen LogP contribution >= 0.6 is 0 Å². The van der Waals surface area contributed by atoms with Gasteiger partial charge in [0.1, 0.15) is 6.61 Å². The molecule has 0 fully saturated rings. The maximum Gasteiger partial charge on any atom is 0.336 e. The molecule has 0 amide bonds. The Morgan fingerprint density at radius 2 is 1.92 bits per heavy atom. The zero-order chi connectivity index (χ0) is 17.8. The zero-order valence-electron chi connectivity index (χ0n) is 13.9. The first-order valence-electron chi connectivity index (χ1n) is 7.64. The molecule has 0 saturated heterocycles. The first-order valence-corrected chi connectivity index (χ1v) is 7.64. The van der Waals surface area contributed by atoms with Crippen LogP contribution in [0.3, 0.4) is 0 Å². The van der Waals surface area contributed by atoms with Gasteiger partial charge in [0, 0.05) is 11.6 Å². The van der Waals surface area contributed by atoms with Gasteiger partial charge in [-0.05, 0) is 24.6 Å². The van der Waals surface area contributed by atoms with E-state index in [9.17, 15) is 9.90 Å². The molecule has 128 valence electrons. The number of ether oxygens (including phenoxy) is 2. The van der Waals surface area contributed by atoms with Crippen LogP contribution in [0.1, 0.15) is 21.6 Å². The van der Waals surface area contributed by atoms with Crippen LogP contribution in [0.4, 0.5) is 0 Å². The van der Waals surface area contributed by atoms with Crippen molar-refractivity contribution in [2.75, 3.05) is 7.11 Å². The molecule has 2 aromatic carbocycles. The fourth-order valence-electron chi connectivity index (χ4n) is 2.44. The number of carbonyl (C=O) groups is 1. The van der Waals surface area contributed by atoms with Crippen LogP contribution < -0.4 is 9.47 Å². The van der Waals surface area contributed by atoms with E-state index in [2.05, 4.69) is 5.16 Å². The lowest BCUT2D eigenvalue weighted by Gasteiger charge is -2.13. The van der Waals surface area contributed by atoms with E-state index in [1.54, 1.807) is 19.1 Å². The lowest BCUT2D eigenvalue weighted by atomic mass is 10.0. The average molecular weight is 339 g/mol. The Kier molecular flexibility index (Phi) is 4.70. The molecular formula is C19H17NO5. The molecule has 0 atom stereocenters. The van der Waals surface area contributed by atoms with Gasteiger partial charge in [-0.1, -0.05) is 35.5 Å². The Morgan fingerprint density at radius 1 is 1.16 bits per heavy atom. The van der Waals surface area contributed by atoms with Crippen molar-refractivity contribution in [3.8, 4) is 22.8 Å². The SMILES string of the molecule is COc1cc(C(=O)O)c(-c2cc(C)no2)cc1OCc1ccccc1. The number of carboxylic acid groups (broad SMARTS) is 1. The second kappa shape index (κ2) is 7.09. The second-order valence-corrected chi connectivity index (χ2v) is 5.46. The van der Waals surface area contributed by atoms with E-state index in [0.717, 1.165) is 5.56 Å². The molecule has 3 rings (SSSR count). The van der Waals surface area contributed by atoms with Gasteiger partial charge in [0.2, 0.25) is 0 Å². The van der Waals surface area contributed by atoms with Crippen LogP contribution in [0, 0.1) is 6.92 Å². The minimum atomic E-state index is -1.09. The summed E-state index contributed by atoms with van der Waals surface area (Å²) in [6.45, 7) is 2.10. The van der Waals surface area contributed by atoms with Gasteiger partial charge in [0.05, 0.1) is 18.4 Å². The van der Waals surface area contributed by atoms with Gasteiger partial charge in [-0.3, -0.25) is 0 Å². The standard InChI is InChI=1S/C19H17NO5/c1-12-8-16(25-20-12)14-9-18(17(23-2)10-15(14)19(21)22)24-11-13-6-4-3-5-7-13/h3-10H,11H2,1-2H3,(H,21,22). The van der Waals surface area contributed by atoms with E-state index in [-0.39, 0.29) is 5.56 Å². The van der Waals surface area contributed by atoms with Crippen LogP contribution in [-0.4, -0.2) is 23.3 Å². The predicted molar refractivity (Wildman–Crippen MR) is 91.0 cm³/mol. The number of benzene rings is 2. The van der Waals surface area contributed by atoms with E-state index in [4.69, 9.17) is 14.0 Å². The highest BCUT2D eigenvalue weighted by atomic mass is 16.5. The largest absolute Gasteiger partial charge is 0.493 e. The van der Waals surface area contributed by atoms with Crippen molar-refractivity contribution in [2.24, 2.45) is 0 Å². The third kappa shape index (κ3) is 3.63. The number of aryl methyl sites for hydroxylation is 1. The monoisotopic (exact) mass is 339 g/mol. The summed E-state index contributed by atoms with van der Waals surface area (Å²) in [5, 5.41) is 13.3. The number of nitrogens with zero attached hydrogens (tertiary/aromatic N) is 1. The third-order valence-corrected chi connectivity index (χ3v) is 3.66. The fraction of sp³-hybridized carbons (Fsp3) is 0.158. The van der Waals surface area contributed by atoms with Crippen LogP contribution in [0.25, 0.3) is 11.3 Å². The summed E-state index contributed by atoms with van der Waals surface area (Å²) in [7, 11) is 1.47. The van der Waals surface area contributed by atoms with Crippen molar-refractivity contribution in [3.05, 3.63) is 65.4 Å². The number of aromatic nitrogens is 1. The summed E-state index contributed by atoms with van der Waals surface area (Å²) < 4.78 is 16.3. The molecule has 0 aliphatic heterocycles. The summed E-state index contributed by atoms with van der Waals surface area (Å²) in [6.07, 6.45) is 0. The van der Waals surface area contributed by atoms with E-state index in [1.807, 2.05) is 30.3 Å². The van der Waals surface area contributed by atoms with Crippen LogP contribution in [-0.2, 0) is 6.61 Å². The normalized spacial score (nSPS) is 10.5. The average Bonchev–Trinajstić information content (AvgIpc) is 3.06. The van der Waals surface area contributed by atoms with E-state index < -0.39 is 5.97 Å². The number of hydrogen-bond donors (Lipinski definition) is 1. The van der Waals surface area contributed by atoms with Crippen LogP contribution in [0.2, 0.25) is 0 Å². The Morgan fingerprint density at radius 3 is 2.52 bits per heavy atom. The van der Waals surface area contributed by atoms with Gasteiger partial charge in [-0.15, -0.1) is 0 Å². The van der Waals surface area contributed by atoms with Crippen molar-refractivity contribution in [1.82, 2.24) is 5.16 Å². The zero-order valence-corrected chi connectivity index (χ0v) is 13.9. The molecule has 6 nitrogen and oxygen atoms in total. The van der Waals surface area contributed by atoms with Crippen molar-refractivity contribution >= 4 is 5.97 Å². The molecule has 0 bridgehead atoms. The Balaban J connectivity index is 2.00. The predicted octanol–water partition coefficient (Wildman–Crippen LogP) is 3.94. The van der Waals surface area contributed by atoms with E-state index in [0.29, 0.717) is 35.1 Å². The number of hydrogen-bond acceptors (Lipinski definition) is 5. The molecule has 0 spiro atoms. The Labute approximate surface area is 144 Å². The molecule has 0 saturated carbocycles. The Bertz CT molecular complexity index is 886. The lowest BCUT2D eigenvalue weighted by molar-refractivity contribution is 0.0697. The third-order valence-electron chi connectivity index (χ3n) is 3.66. The lowest BCUT2D eigenvalue weighted by Crippen LogP contribution is -2.03. The number of carboxylic acids is 1. The molecule has 6 heteroatoms. The minimum absolute atomic E-state index is 0.0556. The summed E-state index contributed by atoms with van der Waals surface area (Å²) in [4.78, 5) is 11.6. The number of aromatic carboxylic acids is 1. The van der Waals surface area contributed by atoms with Gasteiger partial charge in [-0.25, -0.2) is 4.79 Å². The van der Waals surface area contributed by atoms with Crippen molar-refractivity contribution in [1.29, 1.82) is 0 Å². The number of methoxy groups -OCH3 is 1. The van der Waals surface area contributed by atoms with E-state index >= 15 is 0 Å².